The summed E-state index contributed by atoms with van der Waals surface area (Å²) < 4.78 is 24.9. The molecule has 1 aliphatic rings. The fraction of sp³-hybridized carbons (Fsp3) is 0.316. The van der Waals surface area contributed by atoms with Gasteiger partial charge in [0.2, 0.25) is 5.91 Å². The van der Waals surface area contributed by atoms with Crippen LogP contribution in [0.15, 0.2) is 54.6 Å². The highest BCUT2D eigenvalue weighted by Gasteiger charge is 2.30. The third-order valence-corrected chi connectivity index (χ3v) is 5.65. The van der Waals surface area contributed by atoms with Gasteiger partial charge in [0.25, 0.3) is 0 Å². The zero-order valence-electron chi connectivity index (χ0n) is 13.4. The Hall–Kier alpha value is -2.01. The summed E-state index contributed by atoms with van der Waals surface area (Å²) in [4.78, 5) is 14.5. The quantitative estimate of drug-likeness (QED) is 0.854. The zero-order chi connectivity index (χ0) is 16.9. The summed E-state index contributed by atoms with van der Waals surface area (Å²) in [6.07, 6.45) is 0.960. The number of halogens is 1. The molecule has 0 spiro atoms. The SMILES string of the molecule is O=C(CCc1ccc(F)cc1)N1CC[S@@](=O)C[C@@H]1c1ccccc1. The largest absolute Gasteiger partial charge is 0.334 e. The van der Waals surface area contributed by atoms with E-state index >= 15 is 0 Å². The van der Waals surface area contributed by atoms with Gasteiger partial charge in [0.05, 0.1) is 6.04 Å². The van der Waals surface area contributed by atoms with Crippen molar-refractivity contribution in [2.24, 2.45) is 0 Å². The van der Waals surface area contributed by atoms with Crippen LogP contribution in [0.4, 0.5) is 4.39 Å². The van der Waals surface area contributed by atoms with Crippen LogP contribution in [-0.2, 0) is 22.0 Å². The molecule has 1 aliphatic heterocycles. The van der Waals surface area contributed by atoms with E-state index in [1.54, 1.807) is 12.1 Å². The molecule has 1 saturated heterocycles. The van der Waals surface area contributed by atoms with Crippen molar-refractivity contribution in [2.45, 2.75) is 18.9 Å². The van der Waals surface area contributed by atoms with Crippen LogP contribution in [0.1, 0.15) is 23.6 Å². The normalized spacial score (nSPS) is 20.8. The van der Waals surface area contributed by atoms with Crippen LogP contribution >= 0.6 is 0 Å². The van der Waals surface area contributed by atoms with Gasteiger partial charge >= 0.3 is 0 Å². The second-order valence-electron chi connectivity index (χ2n) is 5.95. The van der Waals surface area contributed by atoms with Crippen LogP contribution < -0.4 is 0 Å². The highest BCUT2D eigenvalue weighted by Crippen LogP contribution is 2.26. The van der Waals surface area contributed by atoms with Crippen molar-refractivity contribution in [3.05, 3.63) is 71.5 Å². The molecule has 0 radical (unpaired) electrons. The molecule has 1 fully saturated rings. The second-order valence-corrected chi connectivity index (χ2v) is 7.57. The lowest BCUT2D eigenvalue weighted by Gasteiger charge is -2.35. The summed E-state index contributed by atoms with van der Waals surface area (Å²) in [5.74, 6) is 0.815. The van der Waals surface area contributed by atoms with Crippen LogP contribution in [0.3, 0.4) is 0 Å². The Balaban J connectivity index is 1.69. The van der Waals surface area contributed by atoms with Gasteiger partial charge in [-0.05, 0) is 29.7 Å². The van der Waals surface area contributed by atoms with E-state index in [0.29, 0.717) is 30.9 Å². The van der Waals surface area contributed by atoms with Crippen LogP contribution in [0.25, 0.3) is 0 Å². The molecule has 0 aromatic heterocycles. The minimum Gasteiger partial charge on any atom is -0.334 e. The van der Waals surface area contributed by atoms with E-state index < -0.39 is 10.8 Å². The van der Waals surface area contributed by atoms with Crippen molar-refractivity contribution >= 4 is 16.7 Å². The topological polar surface area (TPSA) is 37.4 Å². The molecule has 1 heterocycles. The van der Waals surface area contributed by atoms with Crippen LogP contribution in [0, 0.1) is 5.82 Å². The highest BCUT2D eigenvalue weighted by atomic mass is 32.2. The number of hydrogen-bond donors (Lipinski definition) is 0. The molecule has 2 aromatic rings. The van der Waals surface area contributed by atoms with Gasteiger partial charge in [-0.15, -0.1) is 0 Å². The van der Waals surface area contributed by atoms with Gasteiger partial charge in [-0.2, -0.15) is 0 Å². The maximum atomic E-state index is 12.9. The summed E-state index contributed by atoms with van der Waals surface area (Å²) in [5.41, 5.74) is 1.97. The molecule has 0 saturated carbocycles. The molecule has 0 N–H and O–H groups in total. The van der Waals surface area contributed by atoms with Crippen molar-refractivity contribution in [3.63, 3.8) is 0 Å². The highest BCUT2D eigenvalue weighted by molar-refractivity contribution is 7.85. The number of amides is 1. The number of nitrogens with zero attached hydrogens (tertiary/aromatic N) is 1. The van der Waals surface area contributed by atoms with E-state index in [0.717, 1.165) is 11.1 Å². The smallest absolute Gasteiger partial charge is 0.223 e. The van der Waals surface area contributed by atoms with Crippen molar-refractivity contribution in [1.82, 2.24) is 4.90 Å². The van der Waals surface area contributed by atoms with Crippen LogP contribution in [-0.4, -0.2) is 33.1 Å². The first-order valence-corrected chi connectivity index (χ1v) is 9.56. The Kier molecular flexibility index (Phi) is 5.41. The van der Waals surface area contributed by atoms with Crippen LogP contribution in [0.2, 0.25) is 0 Å². The van der Waals surface area contributed by atoms with E-state index in [1.165, 1.54) is 12.1 Å². The number of aryl methyl sites for hydroxylation is 1. The number of benzene rings is 2. The lowest BCUT2D eigenvalue weighted by atomic mass is 10.0. The first-order valence-electron chi connectivity index (χ1n) is 8.07. The Morgan fingerprint density at radius 3 is 2.54 bits per heavy atom. The molecule has 0 bridgehead atoms. The molecular formula is C19H20FNO2S. The number of hydrogen-bond acceptors (Lipinski definition) is 2. The van der Waals surface area contributed by atoms with Crippen molar-refractivity contribution in [3.8, 4) is 0 Å². The summed E-state index contributed by atoms with van der Waals surface area (Å²) in [7, 11) is -0.886. The summed E-state index contributed by atoms with van der Waals surface area (Å²) >= 11 is 0. The molecule has 24 heavy (non-hydrogen) atoms. The Morgan fingerprint density at radius 1 is 1.12 bits per heavy atom. The minimum atomic E-state index is -0.886. The fourth-order valence-electron chi connectivity index (χ4n) is 3.00. The summed E-state index contributed by atoms with van der Waals surface area (Å²) in [6.45, 7) is 0.522. The van der Waals surface area contributed by atoms with Gasteiger partial charge in [0.1, 0.15) is 5.82 Å². The zero-order valence-corrected chi connectivity index (χ0v) is 14.2. The number of rotatable bonds is 4. The van der Waals surface area contributed by atoms with E-state index in [9.17, 15) is 13.4 Å². The third-order valence-electron chi connectivity index (χ3n) is 4.33. The number of carbonyl (C=O) groups is 1. The first kappa shape index (κ1) is 16.8. The van der Waals surface area contributed by atoms with Gasteiger partial charge in [-0.3, -0.25) is 9.00 Å². The van der Waals surface area contributed by atoms with E-state index in [2.05, 4.69) is 0 Å². The third kappa shape index (κ3) is 4.09. The van der Waals surface area contributed by atoms with Gasteiger partial charge in [0, 0.05) is 35.3 Å². The molecule has 0 unspecified atom stereocenters. The standard InChI is InChI=1S/C19H20FNO2S/c20-17-9-6-15(7-10-17)8-11-19(22)21-12-13-24(23)14-18(21)16-4-2-1-3-5-16/h1-7,9-10,18H,8,11-14H2/t18-,24-/m1/s1. The molecule has 2 atom stereocenters. The lowest BCUT2D eigenvalue weighted by Crippen LogP contribution is -2.44. The maximum absolute atomic E-state index is 12.9. The molecule has 3 rings (SSSR count). The Bertz CT molecular complexity index is 718. The first-order chi connectivity index (χ1) is 11.6. The van der Waals surface area contributed by atoms with Gasteiger partial charge in [0.15, 0.2) is 0 Å². The van der Waals surface area contributed by atoms with Gasteiger partial charge in [-0.1, -0.05) is 42.5 Å². The molecule has 1 amide bonds. The Labute approximate surface area is 143 Å². The van der Waals surface area contributed by atoms with Gasteiger partial charge in [-0.25, -0.2) is 4.39 Å². The average Bonchev–Trinajstić information content (AvgIpc) is 2.61. The van der Waals surface area contributed by atoms with Crippen molar-refractivity contribution < 1.29 is 13.4 Å². The minimum absolute atomic E-state index is 0.0601. The molecule has 5 heteroatoms. The van der Waals surface area contributed by atoms with E-state index in [4.69, 9.17) is 0 Å². The van der Waals surface area contributed by atoms with Crippen molar-refractivity contribution in [1.29, 1.82) is 0 Å². The molecule has 126 valence electrons. The summed E-state index contributed by atoms with van der Waals surface area (Å²) in [6, 6.07) is 15.9. The monoisotopic (exact) mass is 345 g/mol. The predicted octanol–water partition coefficient (Wildman–Crippen LogP) is 3.09. The van der Waals surface area contributed by atoms with Crippen molar-refractivity contribution in [2.75, 3.05) is 18.1 Å². The maximum Gasteiger partial charge on any atom is 0.223 e. The van der Waals surface area contributed by atoms with E-state index in [-0.39, 0.29) is 17.8 Å². The summed E-state index contributed by atoms with van der Waals surface area (Å²) in [5, 5.41) is 0. The Morgan fingerprint density at radius 2 is 1.83 bits per heavy atom. The fourth-order valence-corrected chi connectivity index (χ4v) is 4.29. The van der Waals surface area contributed by atoms with Gasteiger partial charge < -0.3 is 4.90 Å². The lowest BCUT2D eigenvalue weighted by molar-refractivity contribution is -0.133. The van der Waals surface area contributed by atoms with Crippen LogP contribution in [0.5, 0.6) is 0 Å². The average molecular weight is 345 g/mol. The second kappa shape index (κ2) is 7.71. The molecule has 3 nitrogen and oxygen atoms in total. The molecule has 2 aromatic carbocycles. The molecule has 0 aliphatic carbocycles. The molecular weight excluding hydrogens is 325 g/mol. The number of carbonyl (C=O) groups excluding carboxylic acids is 1. The van der Waals surface area contributed by atoms with E-state index in [1.807, 2.05) is 35.2 Å². The predicted molar refractivity (Wildman–Crippen MR) is 93.5 cm³/mol.